The second-order valence-electron chi connectivity index (χ2n) is 4.19. The molecule has 1 nitrogen and oxygen atoms in total. The fourth-order valence-electron chi connectivity index (χ4n) is 2.88. The van der Waals surface area contributed by atoms with Gasteiger partial charge in [-0.3, -0.25) is 0 Å². The molecule has 2 N–H and O–H groups in total. The molecule has 4 atom stereocenters. The van der Waals surface area contributed by atoms with Gasteiger partial charge in [0.25, 0.3) is 0 Å². The summed E-state index contributed by atoms with van der Waals surface area (Å²) in [7, 11) is 0. The second-order valence-corrected chi connectivity index (χ2v) is 4.19. The van der Waals surface area contributed by atoms with Crippen molar-refractivity contribution < 1.29 is 0 Å². The van der Waals surface area contributed by atoms with E-state index < -0.39 is 0 Å². The van der Waals surface area contributed by atoms with Crippen LogP contribution in [-0.2, 0) is 0 Å². The normalized spacial score (nSPS) is 53.4. The highest BCUT2D eigenvalue weighted by Crippen LogP contribution is 2.45. The van der Waals surface area contributed by atoms with Gasteiger partial charge in [-0.1, -0.05) is 6.92 Å². The molecule has 2 aliphatic rings. The summed E-state index contributed by atoms with van der Waals surface area (Å²) >= 11 is 0. The largest absolute Gasteiger partial charge is 0.328 e. The Kier molecular flexibility index (Phi) is 1.48. The standard InChI is InChI=1S/C9H17N/c1-6-7-2-3-8(6)5-9(10)4-7/h6-9H,2-5,10H2,1H3/t6?,7-,8+,9+. The molecule has 2 bridgehead atoms. The van der Waals surface area contributed by atoms with Gasteiger partial charge in [0.1, 0.15) is 0 Å². The Hall–Kier alpha value is -0.0400. The third kappa shape index (κ3) is 0.878. The molecular formula is C9H17N. The zero-order valence-corrected chi connectivity index (χ0v) is 6.72. The van der Waals surface area contributed by atoms with Crippen LogP contribution in [0.1, 0.15) is 32.6 Å². The summed E-state index contributed by atoms with van der Waals surface area (Å²) in [4.78, 5) is 0. The average Bonchev–Trinajstić information content (AvgIpc) is 2.20. The first-order valence-corrected chi connectivity index (χ1v) is 4.53. The topological polar surface area (TPSA) is 26.0 Å². The van der Waals surface area contributed by atoms with E-state index in [4.69, 9.17) is 5.73 Å². The molecule has 0 aromatic carbocycles. The van der Waals surface area contributed by atoms with Gasteiger partial charge in [0, 0.05) is 6.04 Å². The summed E-state index contributed by atoms with van der Waals surface area (Å²) < 4.78 is 0. The van der Waals surface area contributed by atoms with E-state index >= 15 is 0 Å². The lowest BCUT2D eigenvalue weighted by atomic mass is 9.78. The van der Waals surface area contributed by atoms with Gasteiger partial charge in [0.15, 0.2) is 0 Å². The maximum atomic E-state index is 5.92. The molecule has 1 heteroatoms. The number of fused-ring (bicyclic) bond motifs is 2. The molecule has 0 aromatic rings. The highest BCUT2D eigenvalue weighted by atomic mass is 14.7. The van der Waals surface area contributed by atoms with E-state index in [1.165, 1.54) is 25.7 Å². The van der Waals surface area contributed by atoms with Crippen molar-refractivity contribution in [3.8, 4) is 0 Å². The highest BCUT2D eigenvalue weighted by molar-refractivity contribution is 4.91. The Bertz CT molecular complexity index is 119. The number of hydrogen-bond acceptors (Lipinski definition) is 1. The molecule has 0 aliphatic heterocycles. The summed E-state index contributed by atoms with van der Waals surface area (Å²) in [5.41, 5.74) is 5.92. The maximum Gasteiger partial charge on any atom is 0.00443 e. The van der Waals surface area contributed by atoms with Crippen molar-refractivity contribution >= 4 is 0 Å². The third-order valence-corrected chi connectivity index (χ3v) is 3.61. The van der Waals surface area contributed by atoms with Crippen LogP contribution in [0.15, 0.2) is 0 Å². The van der Waals surface area contributed by atoms with Crippen LogP contribution in [0.25, 0.3) is 0 Å². The van der Waals surface area contributed by atoms with Crippen molar-refractivity contribution in [2.24, 2.45) is 23.5 Å². The maximum absolute atomic E-state index is 5.92. The third-order valence-electron chi connectivity index (χ3n) is 3.61. The minimum absolute atomic E-state index is 0.536. The first-order chi connectivity index (χ1) is 4.77. The van der Waals surface area contributed by atoms with E-state index in [1.807, 2.05) is 0 Å². The predicted molar refractivity (Wildman–Crippen MR) is 42.6 cm³/mol. The summed E-state index contributed by atoms with van der Waals surface area (Å²) in [6.07, 6.45) is 5.52. The minimum atomic E-state index is 0.536. The Balaban J connectivity index is 2.09. The molecule has 0 radical (unpaired) electrons. The van der Waals surface area contributed by atoms with Crippen LogP contribution in [-0.4, -0.2) is 6.04 Å². The minimum Gasteiger partial charge on any atom is -0.328 e. The lowest BCUT2D eigenvalue weighted by Crippen LogP contribution is -2.33. The molecule has 0 spiro atoms. The number of nitrogens with two attached hydrogens (primary N) is 1. The lowest BCUT2D eigenvalue weighted by molar-refractivity contribution is 0.224. The Morgan fingerprint density at radius 1 is 1.10 bits per heavy atom. The summed E-state index contributed by atoms with van der Waals surface area (Å²) in [5.74, 6) is 2.95. The van der Waals surface area contributed by atoms with Gasteiger partial charge in [0.05, 0.1) is 0 Å². The van der Waals surface area contributed by atoms with Crippen LogP contribution in [0, 0.1) is 17.8 Å². The molecule has 1 unspecified atom stereocenters. The number of hydrogen-bond donors (Lipinski definition) is 1. The predicted octanol–water partition coefficient (Wildman–Crippen LogP) is 1.77. The van der Waals surface area contributed by atoms with E-state index in [0.29, 0.717) is 6.04 Å². The molecule has 0 heterocycles. The van der Waals surface area contributed by atoms with Crippen molar-refractivity contribution in [1.29, 1.82) is 0 Å². The van der Waals surface area contributed by atoms with Gasteiger partial charge in [-0.05, 0) is 43.4 Å². The smallest absolute Gasteiger partial charge is 0.00443 e. The molecule has 10 heavy (non-hydrogen) atoms. The van der Waals surface area contributed by atoms with Crippen molar-refractivity contribution in [2.75, 3.05) is 0 Å². The highest BCUT2D eigenvalue weighted by Gasteiger charge is 2.38. The molecule has 2 rings (SSSR count). The van der Waals surface area contributed by atoms with Gasteiger partial charge in [-0.25, -0.2) is 0 Å². The zero-order chi connectivity index (χ0) is 7.14. The van der Waals surface area contributed by atoms with E-state index in [2.05, 4.69) is 6.92 Å². The average molecular weight is 139 g/mol. The van der Waals surface area contributed by atoms with Gasteiger partial charge in [-0.2, -0.15) is 0 Å². The fraction of sp³-hybridized carbons (Fsp3) is 1.00. The zero-order valence-electron chi connectivity index (χ0n) is 6.72. The van der Waals surface area contributed by atoms with E-state index in [1.54, 1.807) is 0 Å². The summed E-state index contributed by atoms with van der Waals surface area (Å²) in [6, 6.07) is 0.536. The van der Waals surface area contributed by atoms with Gasteiger partial charge < -0.3 is 5.73 Å². The molecule has 0 amide bonds. The van der Waals surface area contributed by atoms with Gasteiger partial charge in [-0.15, -0.1) is 0 Å². The number of rotatable bonds is 0. The van der Waals surface area contributed by atoms with E-state index in [9.17, 15) is 0 Å². The van der Waals surface area contributed by atoms with Crippen molar-refractivity contribution in [2.45, 2.75) is 38.6 Å². The van der Waals surface area contributed by atoms with Crippen LogP contribution in [0.5, 0.6) is 0 Å². The van der Waals surface area contributed by atoms with E-state index in [-0.39, 0.29) is 0 Å². The first kappa shape index (κ1) is 6.66. The SMILES string of the molecule is CC1[C@@H]2CC[C@H]1C[C@@H](N)C2. The van der Waals surface area contributed by atoms with Crippen molar-refractivity contribution in [3.05, 3.63) is 0 Å². The fourth-order valence-corrected chi connectivity index (χ4v) is 2.88. The van der Waals surface area contributed by atoms with Crippen LogP contribution in [0.4, 0.5) is 0 Å². The van der Waals surface area contributed by atoms with Crippen LogP contribution >= 0.6 is 0 Å². The molecule has 0 aromatic heterocycles. The van der Waals surface area contributed by atoms with Crippen LogP contribution < -0.4 is 5.73 Å². The van der Waals surface area contributed by atoms with Crippen molar-refractivity contribution in [3.63, 3.8) is 0 Å². The summed E-state index contributed by atoms with van der Waals surface area (Å²) in [5, 5.41) is 0. The van der Waals surface area contributed by atoms with Crippen molar-refractivity contribution in [1.82, 2.24) is 0 Å². The Labute approximate surface area is 63.0 Å². The lowest BCUT2D eigenvalue weighted by Gasteiger charge is -2.30. The molecule has 58 valence electrons. The van der Waals surface area contributed by atoms with Gasteiger partial charge in [0.2, 0.25) is 0 Å². The second kappa shape index (κ2) is 2.23. The van der Waals surface area contributed by atoms with E-state index in [0.717, 1.165) is 17.8 Å². The Morgan fingerprint density at radius 2 is 1.60 bits per heavy atom. The first-order valence-electron chi connectivity index (χ1n) is 4.53. The summed E-state index contributed by atoms with van der Waals surface area (Å²) in [6.45, 7) is 2.41. The monoisotopic (exact) mass is 139 g/mol. The molecule has 2 saturated carbocycles. The molecule has 0 saturated heterocycles. The van der Waals surface area contributed by atoms with Crippen LogP contribution in [0.3, 0.4) is 0 Å². The van der Waals surface area contributed by atoms with Crippen LogP contribution in [0.2, 0.25) is 0 Å². The Morgan fingerprint density at radius 3 is 2.10 bits per heavy atom. The molecule has 2 aliphatic carbocycles. The molecule has 2 fully saturated rings. The van der Waals surface area contributed by atoms with Gasteiger partial charge >= 0.3 is 0 Å². The quantitative estimate of drug-likeness (QED) is 0.544. The molecular weight excluding hydrogens is 122 g/mol.